The van der Waals surface area contributed by atoms with Crippen LogP contribution in [0.25, 0.3) is 0 Å². The van der Waals surface area contributed by atoms with Crippen molar-refractivity contribution in [1.82, 2.24) is 5.32 Å². The van der Waals surface area contributed by atoms with E-state index in [-0.39, 0.29) is 17.5 Å². The molecule has 3 rings (SSSR count). The van der Waals surface area contributed by atoms with Crippen LogP contribution in [0.5, 0.6) is 0 Å². The zero-order valence-corrected chi connectivity index (χ0v) is 17.0. The second-order valence-electron chi connectivity index (χ2n) is 8.97. The summed E-state index contributed by atoms with van der Waals surface area (Å²) in [5.74, 6) is -0.609. The van der Waals surface area contributed by atoms with E-state index >= 15 is 0 Å². The topological polar surface area (TPSA) is 67.4 Å². The van der Waals surface area contributed by atoms with E-state index in [2.05, 4.69) is 10.6 Å². The molecule has 2 fully saturated rings. The molecule has 1 aromatic rings. The van der Waals surface area contributed by atoms with Crippen molar-refractivity contribution < 1.29 is 18.7 Å². The van der Waals surface area contributed by atoms with Gasteiger partial charge in [-0.3, -0.25) is 4.79 Å². The Morgan fingerprint density at radius 3 is 2.50 bits per heavy atom. The molecule has 0 unspecified atom stereocenters. The zero-order chi connectivity index (χ0) is 20.3. The zero-order valence-electron chi connectivity index (χ0n) is 17.0. The van der Waals surface area contributed by atoms with Crippen LogP contribution < -0.4 is 10.6 Å². The third-order valence-corrected chi connectivity index (χ3v) is 5.66. The average Bonchev–Trinajstić information content (AvgIpc) is 3.11. The van der Waals surface area contributed by atoms with Gasteiger partial charge in [0.05, 0.1) is 11.6 Å². The van der Waals surface area contributed by atoms with Crippen molar-refractivity contribution in [2.75, 3.05) is 11.9 Å². The van der Waals surface area contributed by atoms with E-state index in [4.69, 9.17) is 4.74 Å². The van der Waals surface area contributed by atoms with Gasteiger partial charge in [0.2, 0.25) is 5.91 Å². The summed E-state index contributed by atoms with van der Waals surface area (Å²) >= 11 is 0. The minimum absolute atomic E-state index is 0.127. The van der Waals surface area contributed by atoms with Gasteiger partial charge in [-0.15, -0.1) is 0 Å². The van der Waals surface area contributed by atoms with Crippen LogP contribution in [0.1, 0.15) is 69.7 Å². The van der Waals surface area contributed by atoms with Crippen molar-refractivity contribution in [1.29, 1.82) is 0 Å². The van der Waals surface area contributed by atoms with Crippen molar-refractivity contribution in [3.8, 4) is 0 Å². The standard InChI is InChI=1S/C22H31FN2O3/c1-22(2,3)28-21(27)17-10-9-15(13-18(17)23)25-20(26)19-16(11-12-24-19)14-7-5-4-6-8-14/h9-10,13-14,16,19,24H,4-8,11-12H2,1-3H3,(H,25,26)/t16-,19-/m1/s1. The van der Waals surface area contributed by atoms with Gasteiger partial charge in [-0.05, 0) is 63.8 Å². The Morgan fingerprint density at radius 1 is 1.14 bits per heavy atom. The van der Waals surface area contributed by atoms with Crippen LogP contribution in [0, 0.1) is 17.7 Å². The van der Waals surface area contributed by atoms with Crippen LogP contribution in [0.2, 0.25) is 0 Å². The molecule has 2 atom stereocenters. The third kappa shape index (κ3) is 5.10. The molecule has 0 bridgehead atoms. The Labute approximate surface area is 166 Å². The first kappa shape index (κ1) is 20.8. The number of benzene rings is 1. The van der Waals surface area contributed by atoms with Crippen molar-refractivity contribution in [2.24, 2.45) is 11.8 Å². The molecule has 0 radical (unpaired) electrons. The first-order chi connectivity index (χ1) is 13.2. The third-order valence-electron chi connectivity index (χ3n) is 5.66. The van der Waals surface area contributed by atoms with E-state index in [1.807, 2.05) is 0 Å². The average molecular weight is 390 g/mol. The van der Waals surface area contributed by atoms with Gasteiger partial charge in [-0.2, -0.15) is 0 Å². The molecule has 1 saturated carbocycles. The molecule has 1 aliphatic heterocycles. The number of ether oxygens (including phenoxy) is 1. The summed E-state index contributed by atoms with van der Waals surface area (Å²) in [6, 6.07) is 3.85. The van der Waals surface area contributed by atoms with E-state index in [0.29, 0.717) is 17.5 Å². The normalized spacial score (nSPS) is 23.4. The fraction of sp³-hybridized carbons (Fsp3) is 0.636. The highest BCUT2D eigenvalue weighted by Crippen LogP contribution is 2.36. The number of halogens is 1. The first-order valence-corrected chi connectivity index (χ1v) is 10.3. The first-order valence-electron chi connectivity index (χ1n) is 10.3. The number of carbonyl (C=O) groups is 2. The molecule has 1 aliphatic carbocycles. The Kier molecular flexibility index (Phi) is 6.38. The van der Waals surface area contributed by atoms with Crippen LogP contribution in [0.15, 0.2) is 18.2 Å². The number of amides is 1. The number of nitrogens with one attached hydrogen (secondary N) is 2. The van der Waals surface area contributed by atoms with Crippen LogP contribution in [-0.4, -0.2) is 30.1 Å². The monoisotopic (exact) mass is 390 g/mol. The summed E-state index contributed by atoms with van der Waals surface area (Å²) < 4.78 is 19.6. The van der Waals surface area contributed by atoms with Crippen molar-refractivity contribution in [2.45, 2.75) is 70.9 Å². The maximum Gasteiger partial charge on any atom is 0.341 e. The van der Waals surface area contributed by atoms with Crippen LogP contribution in [-0.2, 0) is 9.53 Å². The largest absolute Gasteiger partial charge is 0.456 e. The number of hydrogen-bond donors (Lipinski definition) is 2. The van der Waals surface area contributed by atoms with Gasteiger partial charge in [-0.25, -0.2) is 9.18 Å². The minimum atomic E-state index is -0.710. The number of hydrogen-bond acceptors (Lipinski definition) is 4. The summed E-state index contributed by atoms with van der Waals surface area (Å²) in [5.41, 5.74) is -0.475. The van der Waals surface area contributed by atoms with E-state index in [9.17, 15) is 14.0 Å². The molecule has 5 nitrogen and oxygen atoms in total. The van der Waals surface area contributed by atoms with Gasteiger partial charge < -0.3 is 15.4 Å². The molecule has 0 spiro atoms. The Hall–Kier alpha value is -1.95. The molecule has 28 heavy (non-hydrogen) atoms. The van der Waals surface area contributed by atoms with Gasteiger partial charge in [0, 0.05) is 5.69 Å². The minimum Gasteiger partial charge on any atom is -0.456 e. The molecule has 1 heterocycles. The Bertz CT molecular complexity index is 723. The van der Waals surface area contributed by atoms with E-state index < -0.39 is 17.4 Å². The predicted octanol–water partition coefficient (Wildman–Crippen LogP) is 4.28. The molecule has 2 aliphatic rings. The van der Waals surface area contributed by atoms with E-state index in [0.717, 1.165) is 13.0 Å². The highest BCUT2D eigenvalue weighted by Gasteiger charge is 2.38. The lowest BCUT2D eigenvalue weighted by molar-refractivity contribution is -0.119. The molecule has 154 valence electrons. The van der Waals surface area contributed by atoms with Gasteiger partial charge in [0.15, 0.2) is 0 Å². The maximum absolute atomic E-state index is 14.4. The predicted molar refractivity (Wildman–Crippen MR) is 107 cm³/mol. The molecule has 1 saturated heterocycles. The van der Waals surface area contributed by atoms with Gasteiger partial charge in [0.1, 0.15) is 11.4 Å². The lowest BCUT2D eigenvalue weighted by Gasteiger charge is -2.30. The molecular formula is C22H31FN2O3. The Morgan fingerprint density at radius 2 is 1.86 bits per heavy atom. The molecule has 6 heteroatoms. The summed E-state index contributed by atoms with van der Waals surface area (Å²) in [6.45, 7) is 6.03. The van der Waals surface area contributed by atoms with Crippen molar-refractivity contribution >= 4 is 17.6 Å². The number of carbonyl (C=O) groups excluding carboxylic acids is 2. The van der Waals surface area contributed by atoms with E-state index in [1.54, 1.807) is 26.8 Å². The number of rotatable bonds is 4. The van der Waals surface area contributed by atoms with Crippen molar-refractivity contribution in [3.63, 3.8) is 0 Å². The lowest BCUT2D eigenvalue weighted by Crippen LogP contribution is -2.42. The summed E-state index contributed by atoms with van der Waals surface area (Å²) in [5, 5.41) is 6.13. The number of esters is 1. The second kappa shape index (κ2) is 8.60. The quantitative estimate of drug-likeness (QED) is 0.753. The van der Waals surface area contributed by atoms with E-state index in [1.165, 1.54) is 44.2 Å². The van der Waals surface area contributed by atoms with Gasteiger partial charge >= 0.3 is 5.97 Å². The summed E-state index contributed by atoms with van der Waals surface area (Å²) in [4.78, 5) is 24.9. The highest BCUT2D eigenvalue weighted by molar-refractivity contribution is 5.96. The second-order valence-corrected chi connectivity index (χ2v) is 8.97. The Balaban J connectivity index is 1.65. The summed E-state index contributed by atoms with van der Waals surface area (Å²) in [6.07, 6.45) is 7.16. The van der Waals surface area contributed by atoms with Crippen LogP contribution >= 0.6 is 0 Å². The molecule has 1 amide bonds. The van der Waals surface area contributed by atoms with Gasteiger partial charge in [0.25, 0.3) is 0 Å². The van der Waals surface area contributed by atoms with Crippen LogP contribution in [0.3, 0.4) is 0 Å². The fourth-order valence-electron chi connectivity index (χ4n) is 4.39. The van der Waals surface area contributed by atoms with Crippen molar-refractivity contribution in [3.05, 3.63) is 29.6 Å². The maximum atomic E-state index is 14.4. The van der Waals surface area contributed by atoms with Gasteiger partial charge in [-0.1, -0.05) is 32.1 Å². The highest BCUT2D eigenvalue weighted by atomic mass is 19.1. The number of anilines is 1. The van der Waals surface area contributed by atoms with Crippen LogP contribution in [0.4, 0.5) is 10.1 Å². The molecule has 2 N–H and O–H groups in total. The smallest absolute Gasteiger partial charge is 0.341 e. The summed E-state index contributed by atoms with van der Waals surface area (Å²) in [7, 11) is 0. The SMILES string of the molecule is CC(C)(C)OC(=O)c1ccc(NC(=O)[C@@H]2NCC[C@@H]2C2CCCCC2)cc1F. The molecule has 1 aromatic carbocycles. The lowest BCUT2D eigenvalue weighted by atomic mass is 9.76. The molecular weight excluding hydrogens is 359 g/mol. The molecule has 0 aromatic heterocycles. The fourth-order valence-corrected chi connectivity index (χ4v) is 4.39.